The van der Waals surface area contributed by atoms with Crippen molar-refractivity contribution in [3.05, 3.63) is 0 Å². The molecule has 1 fully saturated rings. The first-order valence-electron chi connectivity index (χ1n) is 6.98. The number of nitrogens with one attached hydrogen (secondary N) is 1. The minimum Gasteiger partial charge on any atom is -0.480 e. The molecule has 2 N–H and O–H groups in total. The normalized spacial score (nSPS) is 30.2. The van der Waals surface area contributed by atoms with Crippen LogP contribution in [0.25, 0.3) is 0 Å². The Morgan fingerprint density at radius 2 is 2.12 bits per heavy atom. The van der Waals surface area contributed by atoms with Gasteiger partial charge in [0.1, 0.15) is 5.54 Å². The van der Waals surface area contributed by atoms with Gasteiger partial charge >= 0.3 is 5.97 Å². The Kier molecular flexibility index (Phi) is 5.44. The fourth-order valence-electron chi connectivity index (χ4n) is 2.69. The molecular formula is C14H27NO2. The van der Waals surface area contributed by atoms with Gasteiger partial charge in [0.25, 0.3) is 0 Å². The van der Waals surface area contributed by atoms with E-state index < -0.39 is 11.5 Å². The van der Waals surface area contributed by atoms with Gasteiger partial charge in [-0.3, -0.25) is 4.79 Å². The Morgan fingerprint density at radius 3 is 2.65 bits per heavy atom. The third kappa shape index (κ3) is 3.98. The van der Waals surface area contributed by atoms with Gasteiger partial charge in [-0.2, -0.15) is 0 Å². The van der Waals surface area contributed by atoms with E-state index in [9.17, 15) is 9.90 Å². The van der Waals surface area contributed by atoms with Crippen LogP contribution in [0.4, 0.5) is 0 Å². The molecule has 2 atom stereocenters. The van der Waals surface area contributed by atoms with Crippen LogP contribution in [-0.4, -0.2) is 23.2 Å². The summed E-state index contributed by atoms with van der Waals surface area (Å²) < 4.78 is 0. The first-order chi connectivity index (χ1) is 8.00. The lowest BCUT2D eigenvalue weighted by Crippen LogP contribution is -2.52. The highest BCUT2D eigenvalue weighted by atomic mass is 16.4. The maximum Gasteiger partial charge on any atom is 0.323 e. The molecule has 2 unspecified atom stereocenters. The van der Waals surface area contributed by atoms with Gasteiger partial charge in [0.2, 0.25) is 0 Å². The lowest BCUT2D eigenvalue weighted by atomic mass is 9.89. The van der Waals surface area contributed by atoms with Crippen molar-refractivity contribution in [1.82, 2.24) is 5.32 Å². The summed E-state index contributed by atoms with van der Waals surface area (Å²) in [5.41, 5.74) is -0.659. The molecule has 17 heavy (non-hydrogen) atoms. The molecule has 1 aliphatic carbocycles. The summed E-state index contributed by atoms with van der Waals surface area (Å²) >= 11 is 0. The van der Waals surface area contributed by atoms with Crippen LogP contribution in [0, 0.1) is 11.8 Å². The van der Waals surface area contributed by atoms with Gasteiger partial charge in [-0.15, -0.1) is 0 Å². The summed E-state index contributed by atoms with van der Waals surface area (Å²) in [5.74, 6) is 0.559. The van der Waals surface area contributed by atoms with Crippen molar-refractivity contribution in [2.45, 2.75) is 64.8 Å². The quantitative estimate of drug-likeness (QED) is 0.727. The van der Waals surface area contributed by atoms with Gasteiger partial charge in [-0.25, -0.2) is 0 Å². The average Bonchev–Trinajstić information content (AvgIpc) is 2.49. The van der Waals surface area contributed by atoms with Crippen molar-refractivity contribution in [2.75, 3.05) is 6.54 Å². The molecule has 0 aromatic carbocycles. The van der Waals surface area contributed by atoms with Crippen LogP contribution in [0.5, 0.6) is 0 Å². The van der Waals surface area contributed by atoms with Gasteiger partial charge < -0.3 is 10.4 Å². The number of carbonyl (C=O) groups is 1. The van der Waals surface area contributed by atoms with Crippen molar-refractivity contribution in [1.29, 1.82) is 0 Å². The van der Waals surface area contributed by atoms with E-state index in [1.807, 2.05) is 0 Å². The summed E-state index contributed by atoms with van der Waals surface area (Å²) in [6.07, 6.45) is 6.03. The molecule has 0 amide bonds. The lowest BCUT2D eigenvalue weighted by Gasteiger charge is -2.30. The SMILES string of the molecule is CCC1CCCC(NCC(C)C)(C(=O)O)CC1. The number of hydrogen-bond donors (Lipinski definition) is 2. The number of aliphatic carboxylic acids is 1. The Labute approximate surface area is 105 Å². The number of carboxylic acid groups (broad SMARTS) is 1. The highest BCUT2D eigenvalue weighted by Crippen LogP contribution is 2.32. The van der Waals surface area contributed by atoms with Crippen molar-refractivity contribution < 1.29 is 9.90 Å². The number of carboxylic acids is 1. The molecule has 0 heterocycles. The predicted octanol–water partition coefficient (Wildman–Crippen LogP) is 3.05. The number of hydrogen-bond acceptors (Lipinski definition) is 2. The molecule has 0 aromatic heterocycles. The average molecular weight is 241 g/mol. The molecule has 0 radical (unpaired) electrons. The Morgan fingerprint density at radius 1 is 1.41 bits per heavy atom. The first kappa shape index (κ1) is 14.5. The molecular weight excluding hydrogens is 214 g/mol. The van der Waals surface area contributed by atoms with Gasteiger partial charge in [0.05, 0.1) is 0 Å². The maximum absolute atomic E-state index is 11.6. The summed E-state index contributed by atoms with van der Waals surface area (Å²) in [7, 11) is 0. The van der Waals surface area contributed by atoms with E-state index in [0.29, 0.717) is 5.92 Å². The zero-order chi connectivity index (χ0) is 12.9. The molecule has 3 heteroatoms. The minimum absolute atomic E-state index is 0.497. The molecule has 0 bridgehead atoms. The molecule has 0 aliphatic heterocycles. The van der Waals surface area contributed by atoms with E-state index in [4.69, 9.17) is 0 Å². The summed E-state index contributed by atoms with van der Waals surface area (Å²) in [6.45, 7) is 7.24. The second-order valence-electron chi connectivity index (χ2n) is 5.87. The van der Waals surface area contributed by atoms with E-state index in [2.05, 4.69) is 26.1 Å². The Hall–Kier alpha value is -0.570. The molecule has 1 saturated carbocycles. The smallest absolute Gasteiger partial charge is 0.323 e. The Balaban J connectivity index is 2.67. The van der Waals surface area contributed by atoms with Crippen LogP contribution in [0.1, 0.15) is 59.3 Å². The van der Waals surface area contributed by atoms with Gasteiger partial charge in [0.15, 0.2) is 0 Å². The Bertz CT molecular complexity index is 253. The molecule has 1 rings (SSSR count). The fourth-order valence-corrected chi connectivity index (χ4v) is 2.69. The van der Waals surface area contributed by atoms with Crippen LogP contribution in [0.3, 0.4) is 0 Å². The highest BCUT2D eigenvalue weighted by molar-refractivity contribution is 5.78. The molecule has 0 aromatic rings. The van der Waals surface area contributed by atoms with Crippen molar-refractivity contribution in [2.24, 2.45) is 11.8 Å². The van der Waals surface area contributed by atoms with Crippen LogP contribution < -0.4 is 5.32 Å². The van der Waals surface area contributed by atoms with E-state index in [1.165, 1.54) is 12.8 Å². The molecule has 0 saturated heterocycles. The van der Waals surface area contributed by atoms with E-state index in [-0.39, 0.29) is 0 Å². The van der Waals surface area contributed by atoms with Crippen LogP contribution in [0.2, 0.25) is 0 Å². The topological polar surface area (TPSA) is 49.3 Å². The van der Waals surface area contributed by atoms with Crippen LogP contribution >= 0.6 is 0 Å². The molecule has 1 aliphatic rings. The first-order valence-corrected chi connectivity index (χ1v) is 6.98. The zero-order valence-corrected chi connectivity index (χ0v) is 11.5. The predicted molar refractivity (Wildman–Crippen MR) is 70.1 cm³/mol. The van der Waals surface area contributed by atoms with Gasteiger partial charge in [0, 0.05) is 0 Å². The molecule has 3 nitrogen and oxygen atoms in total. The van der Waals surface area contributed by atoms with Gasteiger partial charge in [-0.1, -0.05) is 40.0 Å². The van der Waals surface area contributed by atoms with Crippen LogP contribution in [-0.2, 0) is 4.79 Å². The minimum atomic E-state index is -0.659. The fraction of sp³-hybridized carbons (Fsp3) is 0.929. The highest BCUT2D eigenvalue weighted by Gasteiger charge is 2.39. The molecule has 0 spiro atoms. The summed E-state index contributed by atoms with van der Waals surface area (Å²) in [5, 5.41) is 12.8. The molecule has 100 valence electrons. The van der Waals surface area contributed by atoms with Crippen LogP contribution in [0.15, 0.2) is 0 Å². The van der Waals surface area contributed by atoms with Crippen molar-refractivity contribution in [3.63, 3.8) is 0 Å². The van der Waals surface area contributed by atoms with Crippen molar-refractivity contribution in [3.8, 4) is 0 Å². The second-order valence-corrected chi connectivity index (χ2v) is 5.87. The summed E-state index contributed by atoms with van der Waals surface area (Å²) in [4.78, 5) is 11.6. The second kappa shape index (κ2) is 6.39. The van der Waals surface area contributed by atoms with Gasteiger partial charge in [-0.05, 0) is 37.6 Å². The number of rotatable bonds is 5. The van der Waals surface area contributed by atoms with E-state index in [0.717, 1.165) is 38.1 Å². The maximum atomic E-state index is 11.6. The third-order valence-corrected chi connectivity index (χ3v) is 4.03. The standard InChI is InChI=1S/C14H27NO2/c1-4-12-6-5-8-14(9-7-12,13(16)17)15-10-11(2)3/h11-12,15H,4-10H2,1-3H3,(H,16,17). The third-order valence-electron chi connectivity index (χ3n) is 4.03. The lowest BCUT2D eigenvalue weighted by molar-refractivity contribution is -0.145. The monoisotopic (exact) mass is 241 g/mol. The largest absolute Gasteiger partial charge is 0.480 e. The van der Waals surface area contributed by atoms with E-state index in [1.54, 1.807) is 0 Å². The summed E-state index contributed by atoms with van der Waals surface area (Å²) in [6, 6.07) is 0. The van der Waals surface area contributed by atoms with Crippen molar-refractivity contribution >= 4 is 5.97 Å². The zero-order valence-electron chi connectivity index (χ0n) is 11.5. The van der Waals surface area contributed by atoms with E-state index >= 15 is 0 Å².